The largest absolute Gasteiger partial charge is 0.324 e. The second-order valence-corrected chi connectivity index (χ2v) is 3.75. The summed E-state index contributed by atoms with van der Waals surface area (Å²) in [7, 11) is 1.94. The third-order valence-corrected chi connectivity index (χ3v) is 2.55. The van der Waals surface area contributed by atoms with Crippen molar-refractivity contribution in [3.8, 4) is 11.3 Å². The lowest BCUT2D eigenvalue weighted by Gasteiger charge is -2.07. The van der Waals surface area contributed by atoms with Gasteiger partial charge >= 0.3 is 0 Å². The van der Waals surface area contributed by atoms with E-state index in [1.807, 2.05) is 24.7 Å². The van der Waals surface area contributed by atoms with Gasteiger partial charge in [-0.15, -0.1) is 12.4 Å². The van der Waals surface area contributed by atoms with E-state index in [-0.39, 0.29) is 18.4 Å². The van der Waals surface area contributed by atoms with Gasteiger partial charge in [0.15, 0.2) is 0 Å². The lowest BCUT2D eigenvalue weighted by Crippen LogP contribution is -2.04. The number of hydrogen-bond acceptors (Lipinski definition) is 2. The van der Waals surface area contributed by atoms with Crippen LogP contribution in [0.2, 0.25) is 0 Å². The lowest BCUT2D eigenvalue weighted by atomic mass is 10.1. The first kappa shape index (κ1) is 12.7. The number of nitrogens with two attached hydrogens (primary N) is 1. The molecule has 3 nitrogen and oxygen atoms in total. The van der Waals surface area contributed by atoms with Gasteiger partial charge in [0.25, 0.3) is 0 Å². The summed E-state index contributed by atoms with van der Waals surface area (Å²) in [5, 5.41) is 4.14. The van der Waals surface area contributed by atoms with Crippen molar-refractivity contribution >= 4 is 12.4 Å². The van der Waals surface area contributed by atoms with E-state index in [9.17, 15) is 0 Å². The Morgan fingerprint density at radius 1 is 1.19 bits per heavy atom. The summed E-state index contributed by atoms with van der Waals surface area (Å²) < 4.78 is 1.86. The van der Waals surface area contributed by atoms with E-state index < -0.39 is 0 Å². The summed E-state index contributed by atoms with van der Waals surface area (Å²) in [5.74, 6) is 0. The number of rotatable bonds is 2. The van der Waals surface area contributed by atoms with Crippen molar-refractivity contribution in [2.75, 3.05) is 0 Å². The molecule has 86 valence electrons. The van der Waals surface area contributed by atoms with Crippen LogP contribution in [0.3, 0.4) is 0 Å². The van der Waals surface area contributed by atoms with Crippen molar-refractivity contribution in [3.63, 3.8) is 0 Å². The quantitative estimate of drug-likeness (QED) is 0.872. The smallest absolute Gasteiger partial charge is 0.0678 e. The molecular formula is C12H16ClN3. The second kappa shape index (κ2) is 5.14. The predicted octanol–water partition coefficient (Wildman–Crippen LogP) is 2.53. The number of aryl methyl sites for hydroxylation is 1. The van der Waals surface area contributed by atoms with Crippen molar-refractivity contribution in [2.45, 2.75) is 13.0 Å². The Hall–Kier alpha value is -1.32. The summed E-state index contributed by atoms with van der Waals surface area (Å²) in [6.45, 7) is 1.99. The summed E-state index contributed by atoms with van der Waals surface area (Å²) in [6, 6.07) is 10.4. The van der Waals surface area contributed by atoms with Crippen molar-refractivity contribution in [1.82, 2.24) is 9.78 Å². The Morgan fingerprint density at radius 2 is 1.81 bits per heavy atom. The molecule has 16 heavy (non-hydrogen) atoms. The number of hydrogen-bond donors (Lipinski definition) is 1. The molecule has 0 aliphatic carbocycles. The summed E-state index contributed by atoms with van der Waals surface area (Å²) in [6.07, 6.45) is 1.80. The van der Waals surface area contributed by atoms with E-state index in [2.05, 4.69) is 29.4 Å². The minimum atomic E-state index is 0. The van der Waals surface area contributed by atoms with Crippen LogP contribution in [0.1, 0.15) is 18.5 Å². The topological polar surface area (TPSA) is 43.8 Å². The molecule has 0 aliphatic rings. The highest BCUT2D eigenvalue weighted by Crippen LogP contribution is 2.20. The zero-order valence-electron chi connectivity index (χ0n) is 9.42. The second-order valence-electron chi connectivity index (χ2n) is 3.75. The average molecular weight is 238 g/mol. The van der Waals surface area contributed by atoms with Crippen LogP contribution in [-0.2, 0) is 7.05 Å². The Kier molecular flexibility index (Phi) is 4.10. The van der Waals surface area contributed by atoms with Crippen LogP contribution in [0.15, 0.2) is 36.5 Å². The van der Waals surface area contributed by atoms with E-state index >= 15 is 0 Å². The Bertz CT molecular complexity index is 446. The van der Waals surface area contributed by atoms with Crippen LogP contribution in [0.5, 0.6) is 0 Å². The molecule has 2 N–H and O–H groups in total. The lowest BCUT2D eigenvalue weighted by molar-refractivity contribution is 0.775. The molecule has 0 fully saturated rings. The summed E-state index contributed by atoms with van der Waals surface area (Å²) in [4.78, 5) is 0. The van der Waals surface area contributed by atoms with Gasteiger partial charge in [-0.3, -0.25) is 4.68 Å². The minimum absolute atomic E-state index is 0. The van der Waals surface area contributed by atoms with Crippen LogP contribution < -0.4 is 5.73 Å². The van der Waals surface area contributed by atoms with Crippen molar-refractivity contribution < 1.29 is 0 Å². The fraction of sp³-hybridized carbons (Fsp3) is 0.250. The number of halogens is 1. The van der Waals surface area contributed by atoms with Gasteiger partial charge in [0, 0.05) is 19.3 Å². The molecule has 0 radical (unpaired) electrons. The van der Waals surface area contributed by atoms with Crippen LogP contribution in [0.4, 0.5) is 0 Å². The molecule has 1 aromatic heterocycles. The summed E-state index contributed by atoms with van der Waals surface area (Å²) >= 11 is 0. The maximum atomic E-state index is 5.79. The molecule has 1 heterocycles. The maximum absolute atomic E-state index is 5.79. The van der Waals surface area contributed by atoms with Crippen LogP contribution >= 0.6 is 12.4 Å². The van der Waals surface area contributed by atoms with Gasteiger partial charge in [-0.25, -0.2) is 0 Å². The third-order valence-electron chi connectivity index (χ3n) is 2.55. The number of benzene rings is 1. The van der Waals surface area contributed by atoms with E-state index in [1.54, 1.807) is 6.20 Å². The van der Waals surface area contributed by atoms with Crippen molar-refractivity contribution in [2.24, 2.45) is 12.8 Å². The SMILES string of the molecule is C[C@H](N)c1ccc(-c2ccnn2C)cc1.Cl. The molecular weight excluding hydrogens is 222 g/mol. The highest BCUT2D eigenvalue weighted by Gasteiger charge is 2.03. The van der Waals surface area contributed by atoms with Gasteiger partial charge in [0.2, 0.25) is 0 Å². The van der Waals surface area contributed by atoms with E-state index in [4.69, 9.17) is 5.73 Å². The molecule has 0 bridgehead atoms. The maximum Gasteiger partial charge on any atom is 0.0678 e. The highest BCUT2D eigenvalue weighted by molar-refractivity contribution is 5.85. The fourth-order valence-electron chi connectivity index (χ4n) is 1.61. The van der Waals surface area contributed by atoms with Crippen LogP contribution in [0, 0.1) is 0 Å². The van der Waals surface area contributed by atoms with Crippen LogP contribution in [0.25, 0.3) is 11.3 Å². The molecule has 1 aromatic carbocycles. The number of nitrogens with zero attached hydrogens (tertiary/aromatic N) is 2. The molecule has 4 heteroatoms. The molecule has 0 spiro atoms. The van der Waals surface area contributed by atoms with Gasteiger partial charge in [-0.05, 0) is 24.1 Å². The Balaban J connectivity index is 0.00000128. The van der Waals surface area contributed by atoms with E-state index in [0.717, 1.165) is 11.3 Å². The monoisotopic (exact) mass is 237 g/mol. The summed E-state index contributed by atoms with van der Waals surface area (Å²) in [5.41, 5.74) is 9.23. The molecule has 0 saturated carbocycles. The van der Waals surface area contributed by atoms with Crippen molar-refractivity contribution in [1.29, 1.82) is 0 Å². The minimum Gasteiger partial charge on any atom is -0.324 e. The Labute approximate surface area is 102 Å². The standard InChI is InChI=1S/C12H15N3.ClH/c1-9(13)10-3-5-11(6-4-10)12-7-8-14-15(12)2;/h3-9H,13H2,1-2H3;1H/t9-;/m0./s1. The molecule has 2 aromatic rings. The first-order valence-corrected chi connectivity index (χ1v) is 5.02. The normalized spacial score (nSPS) is 11.9. The van der Waals surface area contributed by atoms with Gasteiger partial charge in [-0.2, -0.15) is 5.10 Å². The first-order valence-electron chi connectivity index (χ1n) is 5.02. The zero-order valence-corrected chi connectivity index (χ0v) is 10.2. The van der Waals surface area contributed by atoms with Crippen molar-refractivity contribution in [3.05, 3.63) is 42.1 Å². The molecule has 1 atom stereocenters. The van der Waals surface area contributed by atoms with Gasteiger partial charge in [0.05, 0.1) is 5.69 Å². The van der Waals surface area contributed by atoms with Gasteiger partial charge in [0.1, 0.15) is 0 Å². The number of aromatic nitrogens is 2. The third kappa shape index (κ3) is 2.43. The van der Waals surface area contributed by atoms with Gasteiger partial charge in [-0.1, -0.05) is 24.3 Å². The first-order chi connectivity index (χ1) is 7.18. The van der Waals surface area contributed by atoms with E-state index in [1.165, 1.54) is 5.56 Å². The predicted molar refractivity (Wildman–Crippen MR) is 68.5 cm³/mol. The van der Waals surface area contributed by atoms with E-state index in [0.29, 0.717) is 0 Å². The molecule has 0 amide bonds. The zero-order chi connectivity index (χ0) is 10.8. The molecule has 0 saturated heterocycles. The average Bonchev–Trinajstić information content (AvgIpc) is 2.65. The van der Waals surface area contributed by atoms with Gasteiger partial charge < -0.3 is 5.73 Å². The highest BCUT2D eigenvalue weighted by atomic mass is 35.5. The fourth-order valence-corrected chi connectivity index (χ4v) is 1.61. The Morgan fingerprint density at radius 3 is 2.25 bits per heavy atom. The van der Waals surface area contributed by atoms with Crippen LogP contribution in [-0.4, -0.2) is 9.78 Å². The molecule has 2 rings (SSSR count). The molecule has 0 aliphatic heterocycles. The molecule has 0 unspecified atom stereocenters.